The van der Waals surface area contributed by atoms with E-state index in [1.54, 1.807) is 12.4 Å². The van der Waals surface area contributed by atoms with Gasteiger partial charge in [-0.1, -0.05) is 23.1 Å². The van der Waals surface area contributed by atoms with Gasteiger partial charge in [-0.3, -0.25) is 4.98 Å². The minimum atomic E-state index is 0.824. The van der Waals surface area contributed by atoms with Gasteiger partial charge in [0.25, 0.3) is 0 Å². The summed E-state index contributed by atoms with van der Waals surface area (Å²) in [4.78, 5) is 4.86. The molecule has 2 N–H and O–H groups in total. The van der Waals surface area contributed by atoms with Crippen LogP contribution in [0, 0.1) is 0 Å². The third kappa shape index (κ3) is 2.54. The fourth-order valence-corrected chi connectivity index (χ4v) is 1.19. The Morgan fingerprint density at radius 1 is 0.812 bits per heavy atom. The number of aromatic nitrogens is 4. The third-order valence-corrected chi connectivity index (χ3v) is 1.87. The molecule has 3 aromatic rings. The van der Waals surface area contributed by atoms with Crippen molar-refractivity contribution in [3.63, 3.8) is 0 Å². The van der Waals surface area contributed by atoms with Crippen LogP contribution >= 0.6 is 0 Å². The molecule has 0 bridgehead atoms. The smallest absolute Gasteiger partial charge is 0.115 e. The SMILES string of the molecule is Nn1nc2ccccc2n1.c1ccncc1. The van der Waals surface area contributed by atoms with Crippen molar-refractivity contribution in [1.29, 1.82) is 0 Å². The summed E-state index contributed by atoms with van der Waals surface area (Å²) >= 11 is 0. The lowest BCUT2D eigenvalue weighted by atomic mass is 10.3. The minimum absolute atomic E-state index is 0.824. The lowest BCUT2D eigenvalue weighted by molar-refractivity contribution is 0.720. The predicted molar refractivity (Wildman–Crippen MR) is 61.9 cm³/mol. The first kappa shape index (κ1) is 10.1. The van der Waals surface area contributed by atoms with Gasteiger partial charge in [-0.2, -0.15) is 0 Å². The number of fused-ring (bicyclic) bond motifs is 1. The van der Waals surface area contributed by atoms with Crippen molar-refractivity contribution < 1.29 is 0 Å². The summed E-state index contributed by atoms with van der Waals surface area (Å²) in [7, 11) is 0. The molecule has 5 nitrogen and oxygen atoms in total. The maximum atomic E-state index is 5.28. The van der Waals surface area contributed by atoms with Gasteiger partial charge in [-0.25, -0.2) is 0 Å². The van der Waals surface area contributed by atoms with Gasteiger partial charge in [-0.05, 0) is 24.3 Å². The first-order chi connectivity index (χ1) is 7.86. The van der Waals surface area contributed by atoms with E-state index in [1.165, 1.54) is 0 Å². The molecule has 2 heterocycles. The van der Waals surface area contributed by atoms with Gasteiger partial charge in [0.1, 0.15) is 11.0 Å². The molecule has 5 heteroatoms. The zero-order valence-corrected chi connectivity index (χ0v) is 8.56. The van der Waals surface area contributed by atoms with E-state index < -0.39 is 0 Å². The van der Waals surface area contributed by atoms with Crippen LogP contribution in [0.2, 0.25) is 0 Å². The lowest BCUT2D eigenvalue weighted by Gasteiger charge is -1.77. The molecule has 0 spiro atoms. The Labute approximate surface area is 92.5 Å². The summed E-state index contributed by atoms with van der Waals surface area (Å²) < 4.78 is 0. The first-order valence-corrected chi connectivity index (χ1v) is 4.78. The van der Waals surface area contributed by atoms with Crippen molar-refractivity contribution in [2.75, 3.05) is 5.84 Å². The Balaban J connectivity index is 0.000000138. The highest BCUT2D eigenvalue weighted by molar-refractivity contribution is 5.72. The minimum Gasteiger partial charge on any atom is -0.306 e. The maximum absolute atomic E-state index is 5.28. The number of nitrogen functional groups attached to an aromatic ring is 1. The molecule has 0 unspecified atom stereocenters. The maximum Gasteiger partial charge on any atom is 0.115 e. The van der Waals surface area contributed by atoms with Gasteiger partial charge < -0.3 is 5.84 Å². The molecule has 3 rings (SSSR count). The van der Waals surface area contributed by atoms with Crippen LogP contribution in [0.4, 0.5) is 0 Å². The molecule has 0 fully saturated rings. The van der Waals surface area contributed by atoms with E-state index in [1.807, 2.05) is 42.5 Å². The van der Waals surface area contributed by atoms with Crippen LogP contribution in [0.3, 0.4) is 0 Å². The van der Waals surface area contributed by atoms with Gasteiger partial charge in [0, 0.05) is 12.4 Å². The van der Waals surface area contributed by atoms with Gasteiger partial charge in [0.15, 0.2) is 0 Å². The molecule has 0 atom stereocenters. The molecule has 0 aliphatic heterocycles. The normalized spacial score (nSPS) is 9.50. The highest BCUT2D eigenvalue weighted by Crippen LogP contribution is 2.04. The van der Waals surface area contributed by atoms with E-state index in [-0.39, 0.29) is 0 Å². The molecule has 0 amide bonds. The molecule has 0 aliphatic carbocycles. The van der Waals surface area contributed by atoms with Gasteiger partial charge in [-0.15, -0.1) is 10.2 Å². The van der Waals surface area contributed by atoms with Crippen molar-refractivity contribution in [2.24, 2.45) is 0 Å². The molecule has 0 aliphatic rings. The molecule has 0 radical (unpaired) electrons. The van der Waals surface area contributed by atoms with E-state index in [0.717, 1.165) is 15.9 Å². The van der Waals surface area contributed by atoms with Crippen molar-refractivity contribution in [2.45, 2.75) is 0 Å². The van der Waals surface area contributed by atoms with Crippen molar-refractivity contribution in [3.05, 3.63) is 54.9 Å². The van der Waals surface area contributed by atoms with E-state index in [0.29, 0.717) is 0 Å². The summed E-state index contributed by atoms with van der Waals surface area (Å²) in [6.45, 7) is 0. The number of benzene rings is 1. The predicted octanol–water partition coefficient (Wildman–Crippen LogP) is 1.23. The van der Waals surface area contributed by atoms with Crippen LogP contribution in [0.15, 0.2) is 54.9 Å². The van der Waals surface area contributed by atoms with Gasteiger partial charge in [0.05, 0.1) is 0 Å². The number of pyridine rings is 1. The highest BCUT2D eigenvalue weighted by Gasteiger charge is 1.95. The molecule has 16 heavy (non-hydrogen) atoms. The second kappa shape index (κ2) is 4.88. The monoisotopic (exact) mass is 213 g/mol. The number of nitrogens with two attached hydrogens (primary N) is 1. The quantitative estimate of drug-likeness (QED) is 0.570. The Hall–Kier alpha value is -2.43. The summed E-state index contributed by atoms with van der Waals surface area (Å²) in [5.41, 5.74) is 1.65. The first-order valence-electron chi connectivity index (χ1n) is 4.78. The second-order valence-electron chi connectivity index (χ2n) is 3.03. The summed E-state index contributed by atoms with van der Waals surface area (Å²) in [6, 6.07) is 13.2. The Morgan fingerprint density at radius 2 is 1.38 bits per heavy atom. The number of nitrogens with zero attached hydrogens (tertiary/aromatic N) is 4. The van der Waals surface area contributed by atoms with Crippen LogP contribution in [0.1, 0.15) is 0 Å². The van der Waals surface area contributed by atoms with Gasteiger partial charge in [0.2, 0.25) is 0 Å². The van der Waals surface area contributed by atoms with Crippen LogP contribution < -0.4 is 5.84 Å². The molecule has 2 aromatic heterocycles. The van der Waals surface area contributed by atoms with Crippen molar-refractivity contribution in [3.8, 4) is 0 Å². The second-order valence-corrected chi connectivity index (χ2v) is 3.03. The standard InChI is InChI=1S/C6H6N4.C5H5N/c7-10-8-5-3-1-2-4-6(5)9-10;1-2-4-6-5-3-1/h1-4H,7H2;1-5H. The Bertz CT molecular complexity index is 487. The van der Waals surface area contributed by atoms with E-state index >= 15 is 0 Å². The zero-order valence-electron chi connectivity index (χ0n) is 8.56. The van der Waals surface area contributed by atoms with Crippen molar-refractivity contribution >= 4 is 11.0 Å². The zero-order chi connectivity index (χ0) is 11.2. The van der Waals surface area contributed by atoms with Crippen LogP contribution in [0.25, 0.3) is 11.0 Å². The summed E-state index contributed by atoms with van der Waals surface area (Å²) in [6.07, 6.45) is 3.50. The van der Waals surface area contributed by atoms with Crippen molar-refractivity contribution in [1.82, 2.24) is 20.1 Å². The fraction of sp³-hybridized carbons (Fsp3) is 0. The molecular formula is C11H11N5. The van der Waals surface area contributed by atoms with E-state index in [2.05, 4.69) is 15.2 Å². The number of hydrogen-bond donors (Lipinski definition) is 1. The van der Waals surface area contributed by atoms with Crippen LogP contribution in [-0.4, -0.2) is 20.1 Å². The van der Waals surface area contributed by atoms with Crippen LogP contribution in [0.5, 0.6) is 0 Å². The summed E-state index contributed by atoms with van der Waals surface area (Å²) in [5.74, 6) is 5.28. The van der Waals surface area contributed by atoms with E-state index in [9.17, 15) is 0 Å². The third-order valence-electron chi connectivity index (χ3n) is 1.87. The van der Waals surface area contributed by atoms with Crippen LogP contribution in [-0.2, 0) is 0 Å². The Morgan fingerprint density at radius 3 is 1.75 bits per heavy atom. The molecule has 0 saturated heterocycles. The number of hydrogen-bond acceptors (Lipinski definition) is 4. The highest BCUT2D eigenvalue weighted by atomic mass is 15.6. The topological polar surface area (TPSA) is 69.6 Å². The molecular weight excluding hydrogens is 202 g/mol. The molecule has 80 valence electrons. The lowest BCUT2D eigenvalue weighted by Crippen LogP contribution is -2.11. The number of rotatable bonds is 0. The van der Waals surface area contributed by atoms with E-state index in [4.69, 9.17) is 5.84 Å². The average Bonchev–Trinajstić information content (AvgIpc) is 2.72. The fourth-order valence-electron chi connectivity index (χ4n) is 1.19. The largest absolute Gasteiger partial charge is 0.306 e. The molecule has 1 aromatic carbocycles. The Kier molecular flexibility index (Phi) is 3.08. The average molecular weight is 213 g/mol. The van der Waals surface area contributed by atoms with Gasteiger partial charge >= 0.3 is 0 Å². The summed E-state index contributed by atoms with van der Waals surface area (Å²) in [5, 5.41) is 7.79. The molecule has 0 saturated carbocycles.